The molecule has 1 aromatic carbocycles. The average molecular weight is 398 g/mol. The van der Waals surface area contributed by atoms with Crippen LogP contribution in [0.2, 0.25) is 0 Å². The molecule has 3 heterocycles. The highest BCUT2D eigenvalue weighted by molar-refractivity contribution is 8.03. The lowest BCUT2D eigenvalue weighted by molar-refractivity contribution is -0.136. The lowest BCUT2D eigenvalue weighted by Crippen LogP contribution is -2.43. The van der Waals surface area contributed by atoms with E-state index < -0.39 is 0 Å². The van der Waals surface area contributed by atoms with Gasteiger partial charge in [-0.05, 0) is 17.7 Å². The zero-order chi connectivity index (χ0) is 19.3. The van der Waals surface area contributed by atoms with E-state index in [2.05, 4.69) is 4.90 Å². The lowest BCUT2D eigenvalue weighted by atomic mass is 10.1. The van der Waals surface area contributed by atoms with Crippen molar-refractivity contribution in [2.45, 2.75) is 5.75 Å². The van der Waals surface area contributed by atoms with E-state index in [1.165, 1.54) is 16.7 Å². The van der Waals surface area contributed by atoms with Crippen LogP contribution in [-0.2, 0) is 20.1 Å². The van der Waals surface area contributed by atoms with Crippen molar-refractivity contribution in [2.24, 2.45) is 0 Å². The maximum Gasteiger partial charge on any atom is 0.268 e. The first-order chi connectivity index (χ1) is 13.7. The molecule has 2 aromatic rings. The molecule has 28 heavy (non-hydrogen) atoms. The van der Waals surface area contributed by atoms with Crippen molar-refractivity contribution in [3.63, 3.8) is 0 Å². The van der Waals surface area contributed by atoms with Crippen LogP contribution in [0, 0.1) is 0 Å². The number of thioether (sulfide) groups is 1. The molecule has 1 aromatic heterocycles. The smallest absolute Gasteiger partial charge is 0.268 e. The van der Waals surface area contributed by atoms with E-state index in [9.17, 15) is 9.59 Å². The number of rotatable bonds is 7. The normalized spacial score (nSPS) is 18.4. The van der Waals surface area contributed by atoms with Crippen molar-refractivity contribution < 1.29 is 18.7 Å². The number of carbonyl (C=O) groups is 2. The van der Waals surface area contributed by atoms with Crippen molar-refractivity contribution >= 4 is 29.1 Å². The molecule has 0 spiro atoms. The molecule has 0 aliphatic carbocycles. The Labute approximate surface area is 168 Å². The minimum atomic E-state index is -0.216. The number of imide groups is 1. The van der Waals surface area contributed by atoms with Gasteiger partial charge in [-0.3, -0.25) is 19.4 Å². The Morgan fingerprint density at radius 2 is 1.71 bits per heavy atom. The summed E-state index contributed by atoms with van der Waals surface area (Å²) >= 11 is 1.36. The minimum absolute atomic E-state index is 0.214. The van der Waals surface area contributed by atoms with Crippen LogP contribution in [0.5, 0.6) is 0 Å². The molecule has 0 N–H and O–H groups in total. The van der Waals surface area contributed by atoms with Gasteiger partial charge in [0.25, 0.3) is 11.8 Å². The predicted molar refractivity (Wildman–Crippen MR) is 107 cm³/mol. The van der Waals surface area contributed by atoms with Crippen molar-refractivity contribution in [3.05, 3.63) is 65.0 Å². The molecule has 1 saturated heterocycles. The number of hydrogen-bond acceptors (Lipinski definition) is 6. The fraction of sp³-hybridized carbons (Fsp3) is 0.333. The summed E-state index contributed by atoms with van der Waals surface area (Å²) in [7, 11) is 0. The molecule has 0 unspecified atom stereocenters. The summed E-state index contributed by atoms with van der Waals surface area (Å²) in [5.74, 6) is 0.853. The lowest BCUT2D eigenvalue weighted by Gasteiger charge is -2.28. The van der Waals surface area contributed by atoms with Crippen molar-refractivity contribution in [3.8, 4) is 0 Å². The van der Waals surface area contributed by atoms with Gasteiger partial charge in [0, 0.05) is 26.2 Å². The van der Waals surface area contributed by atoms with E-state index in [0.29, 0.717) is 42.5 Å². The van der Waals surface area contributed by atoms with Gasteiger partial charge in [0.2, 0.25) is 0 Å². The average Bonchev–Trinajstić information content (AvgIpc) is 3.33. The van der Waals surface area contributed by atoms with Crippen molar-refractivity contribution in [1.82, 2.24) is 9.80 Å². The summed E-state index contributed by atoms with van der Waals surface area (Å²) in [6.07, 6.45) is 1.61. The monoisotopic (exact) mass is 398 g/mol. The SMILES string of the molecule is O=C1C(SCc2ccco2)=C(c2ccccc2)C(=O)N1CCN1CCOCC1. The van der Waals surface area contributed by atoms with E-state index in [1.807, 2.05) is 42.5 Å². The van der Waals surface area contributed by atoms with Gasteiger partial charge in [0.15, 0.2) is 0 Å². The highest BCUT2D eigenvalue weighted by Gasteiger charge is 2.39. The van der Waals surface area contributed by atoms with Gasteiger partial charge in [0.1, 0.15) is 5.76 Å². The van der Waals surface area contributed by atoms with E-state index in [-0.39, 0.29) is 11.8 Å². The number of morpholine rings is 1. The zero-order valence-corrected chi connectivity index (χ0v) is 16.3. The van der Waals surface area contributed by atoms with Crippen molar-refractivity contribution in [2.75, 3.05) is 39.4 Å². The number of benzene rings is 1. The fourth-order valence-corrected chi connectivity index (χ4v) is 4.39. The first-order valence-electron chi connectivity index (χ1n) is 9.35. The molecule has 0 radical (unpaired) electrons. The minimum Gasteiger partial charge on any atom is -0.468 e. The second kappa shape index (κ2) is 8.77. The number of nitrogens with zero attached hydrogens (tertiary/aromatic N) is 2. The van der Waals surface area contributed by atoms with Crippen LogP contribution >= 0.6 is 11.8 Å². The van der Waals surface area contributed by atoms with Gasteiger partial charge in [-0.2, -0.15) is 0 Å². The van der Waals surface area contributed by atoms with E-state index in [4.69, 9.17) is 9.15 Å². The molecular weight excluding hydrogens is 376 g/mol. The summed E-state index contributed by atoms with van der Waals surface area (Å²) in [5, 5.41) is 0. The summed E-state index contributed by atoms with van der Waals surface area (Å²) < 4.78 is 10.7. The summed E-state index contributed by atoms with van der Waals surface area (Å²) in [6, 6.07) is 13.1. The molecule has 0 saturated carbocycles. The quantitative estimate of drug-likeness (QED) is 0.668. The molecular formula is C21H22N2O4S. The molecule has 0 atom stereocenters. The van der Waals surface area contributed by atoms with Crippen LogP contribution in [0.4, 0.5) is 0 Å². The Morgan fingerprint density at radius 3 is 2.43 bits per heavy atom. The van der Waals surface area contributed by atoms with Crippen LogP contribution in [-0.4, -0.2) is 61.0 Å². The maximum atomic E-state index is 13.1. The Morgan fingerprint density at radius 1 is 0.929 bits per heavy atom. The second-order valence-corrected chi connectivity index (χ2v) is 7.64. The topological polar surface area (TPSA) is 63.0 Å². The second-order valence-electron chi connectivity index (χ2n) is 6.65. The van der Waals surface area contributed by atoms with E-state index >= 15 is 0 Å². The maximum absolute atomic E-state index is 13.1. The fourth-order valence-electron chi connectivity index (χ4n) is 3.35. The van der Waals surface area contributed by atoms with Crippen molar-refractivity contribution in [1.29, 1.82) is 0 Å². The third-order valence-corrected chi connectivity index (χ3v) is 5.97. The number of amides is 2. The Kier molecular flexibility index (Phi) is 5.95. The Bertz CT molecular complexity index is 858. The third-order valence-electron chi connectivity index (χ3n) is 4.87. The third kappa shape index (κ3) is 4.06. The molecule has 146 valence electrons. The van der Waals surface area contributed by atoms with Gasteiger partial charge in [-0.25, -0.2) is 0 Å². The van der Waals surface area contributed by atoms with Crippen LogP contribution in [0.15, 0.2) is 58.1 Å². The molecule has 2 amide bonds. The Balaban J connectivity index is 1.54. The van der Waals surface area contributed by atoms with Crippen LogP contribution in [0.1, 0.15) is 11.3 Å². The van der Waals surface area contributed by atoms with Gasteiger partial charge >= 0.3 is 0 Å². The number of ether oxygens (including phenoxy) is 1. The molecule has 2 aliphatic rings. The summed E-state index contributed by atoms with van der Waals surface area (Å²) in [5.41, 5.74) is 1.26. The Hall–Kier alpha value is -2.35. The highest BCUT2D eigenvalue weighted by atomic mass is 32.2. The van der Waals surface area contributed by atoms with Crippen LogP contribution < -0.4 is 0 Å². The summed E-state index contributed by atoms with van der Waals surface area (Å²) in [4.78, 5) is 30.3. The van der Waals surface area contributed by atoms with Gasteiger partial charge < -0.3 is 9.15 Å². The predicted octanol–water partition coefficient (Wildman–Crippen LogP) is 2.63. The van der Waals surface area contributed by atoms with Gasteiger partial charge in [0.05, 0.1) is 35.7 Å². The molecule has 2 aliphatic heterocycles. The first-order valence-corrected chi connectivity index (χ1v) is 10.3. The first kappa shape index (κ1) is 19.0. The molecule has 4 rings (SSSR count). The highest BCUT2D eigenvalue weighted by Crippen LogP contribution is 2.37. The van der Waals surface area contributed by atoms with Crippen LogP contribution in [0.3, 0.4) is 0 Å². The van der Waals surface area contributed by atoms with E-state index in [0.717, 1.165) is 24.4 Å². The van der Waals surface area contributed by atoms with Gasteiger partial charge in [-0.15, -0.1) is 11.8 Å². The molecule has 1 fully saturated rings. The number of carbonyl (C=O) groups excluding carboxylic acids is 2. The van der Waals surface area contributed by atoms with E-state index in [1.54, 1.807) is 6.26 Å². The number of furan rings is 1. The number of hydrogen-bond donors (Lipinski definition) is 0. The largest absolute Gasteiger partial charge is 0.468 e. The van der Waals surface area contributed by atoms with Crippen LogP contribution in [0.25, 0.3) is 5.57 Å². The molecule has 7 heteroatoms. The van der Waals surface area contributed by atoms with Gasteiger partial charge in [-0.1, -0.05) is 30.3 Å². The molecule has 0 bridgehead atoms. The standard InChI is InChI=1S/C21H22N2O4S/c24-20-18(16-5-2-1-3-6-16)19(28-15-17-7-4-12-27-17)21(25)23(20)9-8-22-10-13-26-14-11-22/h1-7,12H,8-11,13-15H2. The summed E-state index contributed by atoms with van der Waals surface area (Å²) in [6.45, 7) is 4.10. The molecule has 6 nitrogen and oxygen atoms in total. The zero-order valence-electron chi connectivity index (χ0n) is 15.5.